The zero-order valence-corrected chi connectivity index (χ0v) is 10.0. The van der Waals surface area contributed by atoms with Gasteiger partial charge in [0.05, 0.1) is 18.3 Å². The highest BCUT2D eigenvalue weighted by atomic mass is 16.4. The predicted octanol–water partition coefficient (Wildman–Crippen LogP) is 0.981. The number of hydrogen-bond donors (Lipinski definition) is 2. The Morgan fingerprint density at radius 2 is 2.31 bits per heavy atom. The number of nitrogens with two attached hydrogens (primary N) is 1. The largest absolute Gasteiger partial charge is 0.444 e. The Hall–Kier alpha value is -1.36. The lowest BCUT2D eigenvalue weighted by Crippen LogP contribution is -2.50. The first-order valence-electron chi connectivity index (χ1n) is 5.50. The van der Waals surface area contributed by atoms with Crippen LogP contribution in [-0.2, 0) is 17.8 Å². The van der Waals surface area contributed by atoms with E-state index >= 15 is 0 Å². The quantitative estimate of drug-likeness (QED) is 0.782. The van der Waals surface area contributed by atoms with Crippen molar-refractivity contribution in [3.63, 3.8) is 0 Å². The summed E-state index contributed by atoms with van der Waals surface area (Å²) < 4.78 is 5.36. The van der Waals surface area contributed by atoms with Crippen LogP contribution in [0.25, 0.3) is 0 Å². The molecule has 0 aliphatic carbocycles. The van der Waals surface area contributed by atoms with Gasteiger partial charge in [-0.1, -0.05) is 13.8 Å². The second kappa shape index (κ2) is 5.12. The van der Waals surface area contributed by atoms with Gasteiger partial charge in [-0.15, -0.1) is 0 Å². The van der Waals surface area contributed by atoms with E-state index in [1.807, 2.05) is 13.8 Å². The minimum absolute atomic E-state index is 0.189. The van der Waals surface area contributed by atoms with Crippen LogP contribution in [0.1, 0.15) is 38.8 Å². The van der Waals surface area contributed by atoms with Crippen LogP contribution in [0.3, 0.4) is 0 Å². The molecule has 0 radical (unpaired) electrons. The molecule has 16 heavy (non-hydrogen) atoms. The highest BCUT2D eigenvalue weighted by Gasteiger charge is 2.25. The maximum absolute atomic E-state index is 11.6. The summed E-state index contributed by atoms with van der Waals surface area (Å²) >= 11 is 0. The summed E-state index contributed by atoms with van der Waals surface area (Å²) in [7, 11) is 0. The number of oxazole rings is 1. The van der Waals surface area contributed by atoms with Gasteiger partial charge < -0.3 is 15.5 Å². The average molecular weight is 225 g/mol. The van der Waals surface area contributed by atoms with Crippen molar-refractivity contribution in [1.29, 1.82) is 0 Å². The first-order chi connectivity index (χ1) is 7.49. The number of amides is 1. The molecule has 1 atom stereocenters. The summed E-state index contributed by atoms with van der Waals surface area (Å²) in [5.41, 5.74) is 4.96. The van der Waals surface area contributed by atoms with E-state index in [9.17, 15) is 4.79 Å². The minimum Gasteiger partial charge on any atom is -0.444 e. The number of carbonyl (C=O) groups excluding carboxylic acids is 1. The molecule has 0 aromatic carbocycles. The summed E-state index contributed by atoms with van der Waals surface area (Å²) in [4.78, 5) is 15.7. The number of nitrogens with zero attached hydrogens (tertiary/aromatic N) is 1. The van der Waals surface area contributed by atoms with Crippen LogP contribution in [0, 0.1) is 0 Å². The third-order valence-corrected chi connectivity index (χ3v) is 2.60. The summed E-state index contributed by atoms with van der Waals surface area (Å²) in [5, 5.41) is 2.71. The van der Waals surface area contributed by atoms with Crippen molar-refractivity contribution in [3.05, 3.63) is 17.8 Å². The van der Waals surface area contributed by atoms with Crippen molar-refractivity contribution in [2.75, 3.05) is 0 Å². The van der Waals surface area contributed by atoms with Crippen LogP contribution < -0.4 is 11.1 Å². The Kier molecular flexibility index (Phi) is 4.06. The maximum Gasteiger partial charge on any atom is 0.240 e. The zero-order chi connectivity index (χ0) is 12.2. The lowest BCUT2D eigenvalue weighted by Gasteiger charge is -2.20. The van der Waals surface area contributed by atoms with Crippen molar-refractivity contribution >= 4 is 5.91 Å². The monoisotopic (exact) mass is 225 g/mol. The second-order valence-electron chi connectivity index (χ2n) is 4.03. The fraction of sp³-hybridized carbons (Fsp3) is 0.636. The van der Waals surface area contributed by atoms with Gasteiger partial charge in [0.1, 0.15) is 5.76 Å². The van der Waals surface area contributed by atoms with Gasteiger partial charge in [-0.25, -0.2) is 4.98 Å². The highest BCUT2D eigenvalue weighted by molar-refractivity contribution is 5.85. The van der Waals surface area contributed by atoms with Gasteiger partial charge in [-0.05, 0) is 13.3 Å². The molecule has 1 heterocycles. The first kappa shape index (κ1) is 12.7. The van der Waals surface area contributed by atoms with E-state index in [1.165, 1.54) is 0 Å². The summed E-state index contributed by atoms with van der Waals surface area (Å²) in [5.74, 6) is 1.14. The molecule has 1 unspecified atom stereocenters. The van der Waals surface area contributed by atoms with Crippen molar-refractivity contribution in [1.82, 2.24) is 10.3 Å². The number of nitrogens with one attached hydrogen (secondary N) is 1. The SMILES string of the molecule is CCc1cnc(CNC(=O)C(C)(N)CC)o1. The van der Waals surface area contributed by atoms with Gasteiger partial charge in [0, 0.05) is 6.42 Å². The van der Waals surface area contributed by atoms with Crippen LogP contribution >= 0.6 is 0 Å². The normalized spacial score (nSPS) is 14.5. The number of rotatable bonds is 5. The molecule has 1 aromatic rings. The van der Waals surface area contributed by atoms with E-state index in [1.54, 1.807) is 13.1 Å². The highest BCUT2D eigenvalue weighted by Crippen LogP contribution is 2.06. The Labute approximate surface area is 95.4 Å². The van der Waals surface area contributed by atoms with E-state index in [0.717, 1.165) is 12.2 Å². The van der Waals surface area contributed by atoms with Gasteiger partial charge in [-0.2, -0.15) is 0 Å². The third-order valence-electron chi connectivity index (χ3n) is 2.60. The molecule has 3 N–H and O–H groups in total. The maximum atomic E-state index is 11.6. The smallest absolute Gasteiger partial charge is 0.240 e. The molecule has 1 aromatic heterocycles. The van der Waals surface area contributed by atoms with Gasteiger partial charge in [0.25, 0.3) is 0 Å². The van der Waals surface area contributed by atoms with E-state index in [0.29, 0.717) is 12.3 Å². The number of carbonyl (C=O) groups is 1. The summed E-state index contributed by atoms with van der Waals surface area (Å²) in [6.45, 7) is 5.85. The summed E-state index contributed by atoms with van der Waals surface area (Å²) in [6, 6.07) is 0. The number of aryl methyl sites for hydroxylation is 1. The van der Waals surface area contributed by atoms with Gasteiger partial charge in [0.15, 0.2) is 0 Å². The summed E-state index contributed by atoms with van der Waals surface area (Å²) in [6.07, 6.45) is 3.05. The third kappa shape index (κ3) is 3.06. The Morgan fingerprint density at radius 3 is 2.81 bits per heavy atom. The fourth-order valence-electron chi connectivity index (χ4n) is 1.11. The Morgan fingerprint density at radius 1 is 1.62 bits per heavy atom. The Balaban J connectivity index is 2.49. The van der Waals surface area contributed by atoms with Crippen LogP contribution in [0.2, 0.25) is 0 Å². The van der Waals surface area contributed by atoms with E-state index in [2.05, 4.69) is 10.3 Å². The zero-order valence-electron chi connectivity index (χ0n) is 10.0. The average Bonchev–Trinajstić information content (AvgIpc) is 2.73. The molecule has 0 aliphatic rings. The molecule has 5 nitrogen and oxygen atoms in total. The molecule has 5 heteroatoms. The first-order valence-corrected chi connectivity index (χ1v) is 5.50. The minimum atomic E-state index is -0.833. The van der Waals surface area contributed by atoms with Gasteiger partial charge in [0.2, 0.25) is 11.8 Å². The van der Waals surface area contributed by atoms with Crippen molar-refractivity contribution in [2.24, 2.45) is 5.73 Å². The van der Waals surface area contributed by atoms with Gasteiger partial charge >= 0.3 is 0 Å². The fourth-order valence-corrected chi connectivity index (χ4v) is 1.11. The topological polar surface area (TPSA) is 81.2 Å². The lowest BCUT2D eigenvalue weighted by atomic mass is 10.00. The standard InChI is InChI=1S/C11H19N3O2/c1-4-8-6-13-9(16-8)7-14-10(15)11(3,12)5-2/h6H,4-5,7,12H2,1-3H3,(H,14,15). The molecule has 90 valence electrons. The Bertz CT molecular complexity index is 358. The van der Waals surface area contributed by atoms with Crippen LogP contribution in [0.4, 0.5) is 0 Å². The molecule has 0 saturated carbocycles. The van der Waals surface area contributed by atoms with Gasteiger partial charge in [-0.3, -0.25) is 4.79 Å². The predicted molar refractivity (Wildman–Crippen MR) is 60.6 cm³/mol. The molecule has 0 aliphatic heterocycles. The molecule has 0 saturated heterocycles. The molecule has 0 fully saturated rings. The lowest BCUT2D eigenvalue weighted by molar-refractivity contribution is -0.126. The van der Waals surface area contributed by atoms with E-state index in [-0.39, 0.29) is 12.5 Å². The molecule has 1 amide bonds. The van der Waals surface area contributed by atoms with Crippen LogP contribution in [0.5, 0.6) is 0 Å². The van der Waals surface area contributed by atoms with Crippen LogP contribution in [0.15, 0.2) is 10.6 Å². The number of hydrogen-bond acceptors (Lipinski definition) is 4. The molecule has 0 bridgehead atoms. The van der Waals surface area contributed by atoms with E-state index in [4.69, 9.17) is 10.2 Å². The molecular formula is C11H19N3O2. The second-order valence-corrected chi connectivity index (χ2v) is 4.03. The van der Waals surface area contributed by atoms with Crippen LogP contribution in [-0.4, -0.2) is 16.4 Å². The van der Waals surface area contributed by atoms with Crippen molar-refractivity contribution in [2.45, 2.75) is 45.7 Å². The van der Waals surface area contributed by atoms with Crippen molar-refractivity contribution in [3.8, 4) is 0 Å². The molecule has 0 spiro atoms. The molecular weight excluding hydrogens is 206 g/mol. The number of aromatic nitrogens is 1. The van der Waals surface area contributed by atoms with Crippen molar-refractivity contribution < 1.29 is 9.21 Å². The molecule has 1 rings (SSSR count). The van der Waals surface area contributed by atoms with E-state index < -0.39 is 5.54 Å².